The van der Waals surface area contributed by atoms with Crippen molar-refractivity contribution in [3.05, 3.63) is 12.3 Å². The third-order valence-electron chi connectivity index (χ3n) is 3.33. The summed E-state index contributed by atoms with van der Waals surface area (Å²) in [6.45, 7) is 2.24. The molecule has 1 N–H and O–H groups in total. The Morgan fingerprint density at radius 2 is 2.36 bits per heavy atom. The Morgan fingerprint density at radius 3 is 3.36 bits per heavy atom. The van der Waals surface area contributed by atoms with Gasteiger partial charge in [-0.2, -0.15) is 0 Å². The molecule has 1 aromatic heterocycles. The molecule has 1 saturated heterocycles. The molecule has 0 radical (unpaired) electrons. The Balaban J connectivity index is 1.96. The molecule has 76 valence electrons. The molecule has 0 aliphatic carbocycles. The second-order valence-corrected chi connectivity index (χ2v) is 4.20. The molecule has 0 amide bonds. The highest BCUT2D eigenvalue weighted by molar-refractivity contribution is 5.65. The average molecular weight is 192 g/mol. The maximum Gasteiger partial charge on any atom is 0.218 e. The number of hydrogen-bond acceptors (Lipinski definition) is 3. The van der Waals surface area contributed by atoms with Crippen molar-refractivity contribution in [1.29, 1.82) is 0 Å². The van der Waals surface area contributed by atoms with E-state index in [1.807, 2.05) is 6.07 Å². The van der Waals surface area contributed by atoms with E-state index in [0.717, 1.165) is 19.0 Å². The number of nitrogens with zero attached hydrogens (tertiary/aromatic N) is 1. The van der Waals surface area contributed by atoms with Crippen LogP contribution in [0.4, 0.5) is 11.6 Å². The predicted octanol–water partition coefficient (Wildman–Crippen LogP) is 2.45. The summed E-state index contributed by atoms with van der Waals surface area (Å²) in [6.07, 6.45) is 7.02. The van der Waals surface area contributed by atoms with Crippen LogP contribution in [0.15, 0.2) is 16.7 Å². The molecule has 2 aliphatic heterocycles. The second kappa shape index (κ2) is 3.23. The van der Waals surface area contributed by atoms with Crippen LogP contribution in [0.2, 0.25) is 0 Å². The summed E-state index contributed by atoms with van der Waals surface area (Å²) < 4.78 is 5.57. The average Bonchev–Trinajstić information content (AvgIpc) is 2.61. The zero-order chi connectivity index (χ0) is 9.38. The maximum atomic E-state index is 5.57. The van der Waals surface area contributed by atoms with Crippen molar-refractivity contribution in [2.24, 2.45) is 0 Å². The van der Waals surface area contributed by atoms with Crippen molar-refractivity contribution < 1.29 is 4.42 Å². The number of piperidine rings is 1. The summed E-state index contributed by atoms with van der Waals surface area (Å²) in [5.74, 6) is 1.06. The van der Waals surface area contributed by atoms with Gasteiger partial charge in [0.1, 0.15) is 0 Å². The zero-order valence-corrected chi connectivity index (χ0v) is 8.33. The van der Waals surface area contributed by atoms with E-state index in [1.165, 1.54) is 31.4 Å². The summed E-state index contributed by atoms with van der Waals surface area (Å²) in [5, 5.41) is 3.43. The lowest BCUT2D eigenvalue weighted by molar-refractivity contribution is 0.417. The molecule has 3 nitrogen and oxygen atoms in total. The lowest BCUT2D eigenvalue weighted by Gasteiger charge is -2.34. The Hall–Kier alpha value is -1.12. The summed E-state index contributed by atoms with van der Waals surface area (Å²) in [5.41, 5.74) is 1.18. The number of hydrogen-bond donors (Lipinski definition) is 1. The van der Waals surface area contributed by atoms with Crippen LogP contribution in [-0.2, 0) is 0 Å². The number of rotatable bonds is 0. The second-order valence-electron chi connectivity index (χ2n) is 4.20. The number of furan rings is 1. The van der Waals surface area contributed by atoms with Crippen LogP contribution >= 0.6 is 0 Å². The van der Waals surface area contributed by atoms with Crippen molar-refractivity contribution in [2.75, 3.05) is 23.3 Å². The smallest absolute Gasteiger partial charge is 0.218 e. The molecule has 1 fully saturated rings. The lowest BCUT2D eigenvalue weighted by Crippen LogP contribution is -2.39. The normalized spacial score (nSPS) is 26.0. The molecule has 0 aromatic carbocycles. The SMILES string of the molecule is c1cc2c(o1)N1CCCCC1CCN2. The van der Waals surface area contributed by atoms with Crippen molar-refractivity contribution >= 4 is 11.6 Å². The fourth-order valence-electron chi connectivity index (χ4n) is 2.60. The van der Waals surface area contributed by atoms with E-state index in [-0.39, 0.29) is 0 Å². The minimum Gasteiger partial charge on any atom is -0.447 e. The molecule has 1 aromatic rings. The first-order chi connectivity index (χ1) is 6.95. The van der Waals surface area contributed by atoms with Gasteiger partial charge >= 0.3 is 0 Å². The minimum atomic E-state index is 0.698. The summed E-state index contributed by atoms with van der Waals surface area (Å²) in [7, 11) is 0. The third-order valence-corrected chi connectivity index (χ3v) is 3.33. The fourth-order valence-corrected chi connectivity index (χ4v) is 2.60. The lowest BCUT2D eigenvalue weighted by atomic mass is 10.00. The molecule has 1 atom stereocenters. The van der Waals surface area contributed by atoms with E-state index < -0.39 is 0 Å². The molecule has 14 heavy (non-hydrogen) atoms. The van der Waals surface area contributed by atoms with E-state index in [4.69, 9.17) is 4.42 Å². The monoisotopic (exact) mass is 192 g/mol. The van der Waals surface area contributed by atoms with Crippen LogP contribution in [0.25, 0.3) is 0 Å². The topological polar surface area (TPSA) is 28.4 Å². The standard InChI is InChI=1S/C11H16N2O/c1-2-7-13-9(3-1)4-6-12-10-5-8-14-11(10)13/h5,8-9,12H,1-4,6-7H2. The Labute approximate surface area is 84.1 Å². The molecule has 1 unspecified atom stereocenters. The molecule has 0 saturated carbocycles. The van der Waals surface area contributed by atoms with Crippen LogP contribution in [-0.4, -0.2) is 19.1 Å². The van der Waals surface area contributed by atoms with Gasteiger partial charge in [0.15, 0.2) is 0 Å². The van der Waals surface area contributed by atoms with Gasteiger partial charge in [0.2, 0.25) is 5.88 Å². The first kappa shape index (κ1) is 8.21. The van der Waals surface area contributed by atoms with Crippen LogP contribution in [0.5, 0.6) is 0 Å². The first-order valence-electron chi connectivity index (χ1n) is 5.53. The molecule has 0 bridgehead atoms. The van der Waals surface area contributed by atoms with Crippen LogP contribution < -0.4 is 10.2 Å². The Kier molecular flexibility index (Phi) is 1.89. The number of nitrogens with one attached hydrogen (secondary N) is 1. The van der Waals surface area contributed by atoms with E-state index in [2.05, 4.69) is 10.2 Å². The molecule has 3 rings (SSSR count). The van der Waals surface area contributed by atoms with Gasteiger partial charge in [0.05, 0.1) is 12.0 Å². The van der Waals surface area contributed by atoms with E-state index in [1.54, 1.807) is 6.26 Å². The summed E-state index contributed by atoms with van der Waals surface area (Å²) >= 11 is 0. The van der Waals surface area contributed by atoms with Crippen LogP contribution in [0, 0.1) is 0 Å². The largest absolute Gasteiger partial charge is 0.447 e. The van der Waals surface area contributed by atoms with Gasteiger partial charge in [0, 0.05) is 25.2 Å². The quantitative estimate of drug-likeness (QED) is 0.684. The van der Waals surface area contributed by atoms with Crippen LogP contribution in [0.1, 0.15) is 25.7 Å². The summed E-state index contributed by atoms with van der Waals surface area (Å²) in [6, 6.07) is 2.73. The molecular formula is C11H16N2O. The van der Waals surface area contributed by atoms with Gasteiger partial charge in [0.25, 0.3) is 0 Å². The van der Waals surface area contributed by atoms with Gasteiger partial charge in [-0.15, -0.1) is 0 Å². The zero-order valence-electron chi connectivity index (χ0n) is 8.33. The fraction of sp³-hybridized carbons (Fsp3) is 0.636. The van der Waals surface area contributed by atoms with E-state index in [9.17, 15) is 0 Å². The highest BCUT2D eigenvalue weighted by atomic mass is 16.3. The predicted molar refractivity (Wildman–Crippen MR) is 56.8 cm³/mol. The number of fused-ring (bicyclic) bond motifs is 3. The highest BCUT2D eigenvalue weighted by Crippen LogP contribution is 2.35. The van der Waals surface area contributed by atoms with Crippen molar-refractivity contribution in [2.45, 2.75) is 31.7 Å². The molecule has 0 spiro atoms. The minimum absolute atomic E-state index is 0.698. The van der Waals surface area contributed by atoms with Crippen molar-refractivity contribution in [1.82, 2.24) is 0 Å². The van der Waals surface area contributed by atoms with Gasteiger partial charge in [-0.3, -0.25) is 0 Å². The van der Waals surface area contributed by atoms with E-state index >= 15 is 0 Å². The molecular weight excluding hydrogens is 176 g/mol. The van der Waals surface area contributed by atoms with E-state index in [0.29, 0.717) is 6.04 Å². The molecule has 3 heteroatoms. The van der Waals surface area contributed by atoms with Crippen molar-refractivity contribution in [3.63, 3.8) is 0 Å². The van der Waals surface area contributed by atoms with Gasteiger partial charge in [-0.05, 0) is 25.7 Å². The highest BCUT2D eigenvalue weighted by Gasteiger charge is 2.28. The van der Waals surface area contributed by atoms with Gasteiger partial charge in [-0.1, -0.05) is 0 Å². The Morgan fingerprint density at radius 1 is 1.36 bits per heavy atom. The van der Waals surface area contributed by atoms with Crippen LogP contribution in [0.3, 0.4) is 0 Å². The van der Waals surface area contributed by atoms with Gasteiger partial charge < -0.3 is 14.6 Å². The maximum absolute atomic E-state index is 5.57. The summed E-state index contributed by atoms with van der Waals surface area (Å²) in [4.78, 5) is 2.44. The van der Waals surface area contributed by atoms with Crippen molar-refractivity contribution in [3.8, 4) is 0 Å². The first-order valence-corrected chi connectivity index (χ1v) is 5.53. The third kappa shape index (κ3) is 1.19. The number of anilines is 2. The van der Waals surface area contributed by atoms with Gasteiger partial charge in [-0.25, -0.2) is 0 Å². The molecule has 2 aliphatic rings. The Bertz CT molecular complexity index is 321. The molecule has 3 heterocycles.